The second kappa shape index (κ2) is 6.41. The Bertz CT molecular complexity index is 397. The van der Waals surface area contributed by atoms with Crippen molar-refractivity contribution in [2.75, 3.05) is 33.8 Å². The molecule has 1 N–H and O–H groups in total. The predicted octanol–water partition coefficient (Wildman–Crippen LogP) is 2.39. The molecule has 0 spiro atoms. The van der Waals surface area contributed by atoms with E-state index in [1.54, 1.807) is 7.11 Å². The lowest BCUT2D eigenvalue weighted by atomic mass is 10.1. The third-order valence-electron chi connectivity index (χ3n) is 3.52. The Morgan fingerprint density at radius 2 is 2.33 bits per heavy atom. The highest BCUT2D eigenvalue weighted by Gasteiger charge is 2.19. The van der Waals surface area contributed by atoms with Crippen molar-refractivity contribution in [2.24, 2.45) is 5.92 Å². The minimum atomic E-state index is 0.753. The van der Waals surface area contributed by atoms with Crippen LogP contribution in [0.3, 0.4) is 0 Å². The number of hydrogen-bond acceptors (Lipinski definition) is 3. The lowest BCUT2D eigenvalue weighted by molar-refractivity contribution is 0.385. The minimum Gasteiger partial charge on any atom is -0.496 e. The van der Waals surface area contributed by atoms with Gasteiger partial charge in [0.25, 0.3) is 0 Å². The van der Waals surface area contributed by atoms with Crippen LogP contribution >= 0.6 is 11.6 Å². The largest absolute Gasteiger partial charge is 0.496 e. The molecule has 0 radical (unpaired) electrons. The van der Waals surface area contributed by atoms with Crippen molar-refractivity contribution in [3.05, 3.63) is 28.8 Å². The van der Waals surface area contributed by atoms with Gasteiger partial charge in [-0.05, 0) is 44.6 Å². The van der Waals surface area contributed by atoms with Crippen molar-refractivity contribution in [2.45, 2.75) is 13.0 Å². The maximum absolute atomic E-state index is 6.20. The number of ether oxygens (including phenoxy) is 1. The third kappa shape index (κ3) is 3.37. The highest BCUT2D eigenvalue weighted by molar-refractivity contribution is 6.31. The van der Waals surface area contributed by atoms with Crippen molar-refractivity contribution in [1.82, 2.24) is 10.2 Å². The topological polar surface area (TPSA) is 24.5 Å². The van der Waals surface area contributed by atoms with E-state index in [4.69, 9.17) is 16.3 Å². The third-order valence-corrected chi connectivity index (χ3v) is 3.87. The van der Waals surface area contributed by atoms with Gasteiger partial charge in [0.05, 0.1) is 7.11 Å². The number of benzene rings is 1. The first-order valence-corrected chi connectivity index (χ1v) is 6.79. The first kappa shape index (κ1) is 13.7. The Labute approximate surface area is 114 Å². The van der Waals surface area contributed by atoms with Crippen molar-refractivity contribution in [3.8, 4) is 5.75 Å². The molecular formula is C14H21ClN2O. The molecule has 1 saturated heterocycles. The molecule has 1 aliphatic heterocycles. The Balaban J connectivity index is 1.86. The maximum Gasteiger partial charge on any atom is 0.124 e. The van der Waals surface area contributed by atoms with Crippen LogP contribution in [-0.2, 0) is 6.54 Å². The first-order valence-electron chi connectivity index (χ1n) is 6.41. The number of likely N-dealkylation sites (tertiary alicyclic amines) is 1. The number of rotatable bonds is 5. The average molecular weight is 269 g/mol. The summed E-state index contributed by atoms with van der Waals surface area (Å²) in [4.78, 5) is 2.38. The molecule has 1 unspecified atom stereocenters. The van der Waals surface area contributed by atoms with Crippen LogP contribution in [-0.4, -0.2) is 38.7 Å². The summed E-state index contributed by atoms with van der Waals surface area (Å²) in [6, 6.07) is 5.77. The first-order chi connectivity index (χ1) is 8.70. The van der Waals surface area contributed by atoms with Gasteiger partial charge in [-0.2, -0.15) is 0 Å². The minimum absolute atomic E-state index is 0.753. The number of nitrogens with one attached hydrogen (secondary N) is 1. The molecule has 1 atom stereocenters. The monoisotopic (exact) mass is 268 g/mol. The van der Waals surface area contributed by atoms with Gasteiger partial charge in [-0.15, -0.1) is 0 Å². The highest BCUT2D eigenvalue weighted by Crippen LogP contribution is 2.26. The lowest BCUT2D eigenvalue weighted by Crippen LogP contribution is -2.25. The molecule has 1 fully saturated rings. The molecule has 0 aliphatic carbocycles. The molecule has 0 amide bonds. The van der Waals surface area contributed by atoms with E-state index < -0.39 is 0 Å². The summed E-state index contributed by atoms with van der Waals surface area (Å²) in [7, 11) is 3.86. The summed E-state index contributed by atoms with van der Waals surface area (Å²) in [5.41, 5.74) is 1.05. The van der Waals surface area contributed by atoms with Crippen LogP contribution in [0, 0.1) is 5.92 Å². The summed E-state index contributed by atoms with van der Waals surface area (Å²) in [6.07, 6.45) is 1.28. The van der Waals surface area contributed by atoms with E-state index in [9.17, 15) is 0 Å². The second-order valence-electron chi connectivity index (χ2n) is 4.97. The molecule has 3 nitrogen and oxygen atoms in total. The zero-order valence-corrected chi connectivity index (χ0v) is 11.8. The summed E-state index contributed by atoms with van der Waals surface area (Å²) >= 11 is 6.20. The molecule has 1 aromatic carbocycles. The molecule has 1 heterocycles. The standard InChI is InChI=1S/C14H21ClN2O/c1-17-7-6-11(10-17)8-16-9-12-13(15)4-3-5-14(12)18-2/h3-5,11,16H,6-10H2,1-2H3. The van der Waals surface area contributed by atoms with Crippen LogP contribution in [0.15, 0.2) is 18.2 Å². The fraction of sp³-hybridized carbons (Fsp3) is 0.571. The van der Waals surface area contributed by atoms with Gasteiger partial charge >= 0.3 is 0 Å². The predicted molar refractivity (Wildman–Crippen MR) is 75.3 cm³/mol. The normalized spacial score (nSPS) is 20.3. The van der Waals surface area contributed by atoms with Gasteiger partial charge in [-0.1, -0.05) is 17.7 Å². The van der Waals surface area contributed by atoms with Gasteiger partial charge in [0.2, 0.25) is 0 Å². The molecule has 2 rings (SSSR count). The van der Waals surface area contributed by atoms with Crippen molar-refractivity contribution in [3.63, 3.8) is 0 Å². The number of nitrogens with zero attached hydrogens (tertiary/aromatic N) is 1. The van der Waals surface area contributed by atoms with Gasteiger partial charge in [-0.25, -0.2) is 0 Å². The van der Waals surface area contributed by atoms with Gasteiger partial charge in [0.15, 0.2) is 0 Å². The second-order valence-corrected chi connectivity index (χ2v) is 5.38. The fourth-order valence-corrected chi connectivity index (χ4v) is 2.73. The molecular weight excluding hydrogens is 248 g/mol. The molecule has 0 saturated carbocycles. The van der Waals surface area contributed by atoms with E-state index in [1.807, 2.05) is 18.2 Å². The number of hydrogen-bond donors (Lipinski definition) is 1. The molecule has 1 aromatic rings. The van der Waals surface area contributed by atoms with E-state index in [-0.39, 0.29) is 0 Å². The van der Waals surface area contributed by atoms with Crippen molar-refractivity contribution in [1.29, 1.82) is 0 Å². The van der Waals surface area contributed by atoms with Crippen LogP contribution in [0.2, 0.25) is 5.02 Å². The zero-order chi connectivity index (χ0) is 13.0. The van der Waals surface area contributed by atoms with Gasteiger partial charge < -0.3 is 15.0 Å². The van der Waals surface area contributed by atoms with Crippen LogP contribution in [0.1, 0.15) is 12.0 Å². The lowest BCUT2D eigenvalue weighted by Gasteiger charge is -2.14. The summed E-state index contributed by atoms with van der Waals surface area (Å²) in [5.74, 6) is 1.61. The van der Waals surface area contributed by atoms with Gasteiger partial charge in [0, 0.05) is 23.7 Å². The highest BCUT2D eigenvalue weighted by atomic mass is 35.5. The van der Waals surface area contributed by atoms with E-state index in [2.05, 4.69) is 17.3 Å². The van der Waals surface area contributed by atoms with E-state index >= 15 is 0 Å². The van der Waals surface area contributed by atoms with Crippen molar-refractivity contribution < 1.29 is 4.74 Å². The van der Waals surface area contributed by atoms with Crippen molar-refractivity contribution >= 4 is 11.6 Å². The van der Waals surface area contributed by atoms with E-state index in [0.29, 0.717) is 0 Å². The Hall–Kier alpha value is -0.770. The van der Waals surface area contributed by atoms with Crippen LogP contribution < -0.4 is 10.1 Å². The van der Waals surface area contributed by atoms with Crippen LogP contribution in [0.5, 0.6) is 5.75 Å². The average Bonchev–Trinajstić information content (AvgIpc) is 2.77. The quantitative estimate of drug-likeness (QED) is 0.888. The molecule has 4 heteroatoms. The molecule has 0 bridgehead atoms. The van der Waals surface area contributed by atoms with E-state index in [0.717, 1.165) is 35.3 Å². The maximum atomic E-state index is 6.20. The number of methoxy groups -OCH3 is 1. The molecule has 0 aromatic heterocycles. The zero-order valence-electron chi connectivity index (χ0n) is 11.1. The van der Waals surface area contributed by atoms with Gasteiger partial charge in [-0.3, -0.25) is 0 Å². The van der Waals surface area contributed by atoms with E-state index in [1.165, 1.54) is 19.5 Å². The summed E-state index contributed by atoms with van der Waals surface area (Å²) < 4.78 is 5.33. The Kier molecular flexibility index (Phi) is 4.87. The fourth-order valence-electron chi connectivity index (χ4n) is 2.50. The van der Waals surface area contributed by atoms with Gasteiger partial charge in [0.1, 0.15) is 5.75 Å². The summed E-state index contributed by atoms with van der Waals surface area (Å²) in [5, 5.41) is 4.26. The van der Waals surface area contributed by atoms with Crippen LogP contribution in [0.25, 0.3) is 0 Å². The SMILES string of the molecule is COc1cccc(Cl)c1CNCC1CCN(C)C1. The summed E-state index contributed by atoms with van der Waals surface area (Å²) in [6.45, 7) is 4.20. The Morgan fingerprint density at radius 1 is 1.50 bits per heavy atom. The number of halogens is 1. The smallest absolute Gasteiger partial charge is 0.124 e. The van der Waals surface area contributed by atoms with Crippen LogP contribution in [0.4, 0.5) is 0 Å². The molecule has 100 valence electrons. The molecule has 18 heavy (non-hydrogen) atoms. The Morgan fingerprint density at radius 3 is 3.00 bits per heavy atom. The molecule has 1 aliphatic rings.